The first kappa shape index (κ1) is 20.4. The van der Waals surface area contributed by atoms with Crippen LogP contribution in [0.2, 0.25) is 0 Å². The lowest BCUT2D eigenvalue weighted by atomic mass is 10.1. The van der Waals surface area contributed by atoms with Gasteiger partial charge in [0.25, 0.3) is 11.4 Å². The van der Waals surface area contributed by atoms with Crippen LogP contribution in [0.3, 0.4) is 0 Å². The second-order valence-electron chi connectivity index (χ2n) is 7.34. The summed E-state index contributed by atoms with van der Waals surface area (Å²) < 4.78 is 6.93. The Morgan fingerprint density at radius 2 is 2.03 bits per heavy atom. The molecule has 1 atom stereocenters. The molecule has 0 saturated carbocycles. The van der Waals surface area contributed by atoms with Gasteiger partial charge in [-0.25, -0.2) is 9.97 Å². The summed E-state index contributed by atoms with van der Waals surface area (Å²) in [5.41, 5.74) is 2.47. The van der Waals surface area contributed by atoms with Crippen LogP contribution < -0.4 is 16.2 Å². The molecule has 0 aliphatic carbocycles. The Kier molecular flexibility index (Phi) is 5.29. The van der Waals surface area contributed by atoms with E-state index in [-0.39, 0.29) is 18.2 Å². The molecule has 0 saturated heterocycles. The van der Waals surface area contributed by atoms with Crippen molar-refractivity contribution in [2.24, 2.45) is 7.05 Å². The first-order chi connectivity index (χ1) is 16.1. The highest BCUT2D eigenvalue weighted by atomic mass is 16.4. The molecule has 4 aromatic heterocycles. The molecule has 11 nitrogen and oxygen atoms in total. The van der Waals surface area contributed by atoms with Gasteiger partial charge in [0.05, 0.1) is 29.3 Å². The van der Waals surface area contributed by atoms with E-state index in [9.17, 15) is 9.90 Å². The molecule has 4 N–H and O–H groups in total. The van der Waals surface area contributed by atoms with Gasteiger partial charge in [-0.15, -0.1) is 10.2 Å². The van der Waals surface area contributed by atoms with Crippen LogP contribution in [0, 0.1) is 0 Å². The number of benzene rings is 1. The van der Waals surface area contributed by atoms with E-state index in [1.807, 2.05) is 30.3 Å². The summed E-state index contributed by atoms with van der Waals surface area (Å²) in [6.45, 7) is -0.127. The smallest absolute Gasteiger partial charge is 0.273 e. The zero-order valence-electron chi connectivity index (χ0n) is 17.6. The van der Waals surface area contributed by atoms with E-state index in [0.717, 1.165) is 5.56 Å². The molecule has 166 valence electrons. The van der Waals surface area contributed by atoms with E-state index in [4.69, 9.17) is 4.42 Å². The normalized spacial score (nSPS) is 12.1. The highest BCUT2D eigenvalue weighted by Crippen LogP contribution is 2.31. The topological polar surface area (TPSA) is 147 Å². The van der Waals surface area contributed by atoms with E-state index in [1.54, 1.807) is 36.1 Å². The van der Waals surface area contributed by atoms with Gasteiger partial charge in [0.2, 0.25) is 6.39 Å². The van der Waals surface area contributed by atoms with E-state index < -0.39 is 0 Å². The maximum Gasteiger partial charge on any atom is 0.273 e. The van der Waals surface area contributed by atoms with Crippen molar-refractivity contribution in [1.29, 1.82) is 0 Å². The second kappa shape index (κ2) is 8.55. The Labute approximate surface area is 187 Å². The summed E-state index contributed by atoms with van der Waals surface area (Å²) in [5.74, 6) is 1.31. The predicted octanol–water partition coefficient (Wildman–Crippen LogP) is 2.60. The Morgan fingerprint density at radius 1 is 1.18 bits per heavy atom. The molecule has 0 fully saturated rings. The summed E-state index contributed by atoms with van der Waals surface area (Å²) in [5, 5.41) is 27.4. The van der Waals surface area contributed by atoms with Gasteiger partial charge >= 0.3 is 0 Å². The first-order valence-corrected chi connectivity index (χ1v) is 10.1. The SMILES string of the molecule is Cn1[nH]c(=O)c2ccc(Nc3cc(N[C@H](CO)c4ccccc4)c(-c4nnco4)cn3)nc21. The Morgan fingerprint density at radius 3 is 2.79 bits per heavy atom. The average Bonchev–Trinajstić information content (AvgIpc) is 3.46. The average molecular weight is 444 g/mol. The van der Waals surface area contributed by atoms with Crippen LogP contribution >= 0.6 is 0 Å². The van der Waals surface area contributed by atoms with Gasteiger partial charge < -0.3 is 20.2 Å². The van der Waals surface area contributed by atoms with Gasteiger partial charge in [-0.1, -0.05) is 30.3 Å². The number of nitrogens with zero attached hydrogens (tertiary/aromatic N) is 5. The number of H-pyrrole nitrogens is 1. The third kappa shape index (κ3) is 4.04. The fourth-order valence-electron chi connectivity index (χ4n) is 3.56. The highest BCUT2D eigenvalue weighted by molar-refractivity contribution is 5.78. The zero-order chi connectivity index (χ0) is 22.8. The van der Waals surface area contributed by atoms with Crippen LogP contribution in [0.15, 0.2) is 70.3 Å². The standard InChI is InChI=1S/C22H20N8O3/c1-30-20-14(21(32)29-30)7-8-18(27-20)26-19-9-16(15(10-23-19)22-28-24-12-33-22)25-17(11-31)13-5-3-2-4-6-13/h2-10,12,17,31H,11H2,1H3,(H,29,32)(H2,23,25,26,27)/t17-/m1/s1. The fourth-order valence-corrected chi connectivity index (χ4v) is 3.56. The number of anilines is 3. The summed E-state index contributed by atoms with van der Waals surface area (Å²) in [7, 11) is 1.72. The Hall–Kier alpha value is -4.51. The molecule has 11 heteroatoms. The number of aromatic nitrogens is 6. The number of hydrogen-bond acceptors (Lipinski definition) is 9. The lowest BCUT2D eigenvalue weighted by Gasteiger charge is -2.20. The van der Waals surface area contributed by atoms with E-state index in [0.29, 0.717) is 39.8 Å². The highest BCUT2D eigenvalue weighted by Gasteiger charge is 2.17. The molecule has 0 amide bonds. The number of pyridine rings is 2. The number of nitrogens with one attached hydrogen (secondary N) is 3. The van der Waals surface area contributed by atoms with Crippen molar-refractivity contribution in [3.05, 3.63) is 77.0 Å². The summed E-state index contributed by atoms with van der Waals surface area (Å²) >= 11 is 0. The van der Waals surface area contributed by atoms with Gasteiger partial charge in [-0.2, -0.15) is 0 Å². The minimum absolute atomic E-state index is 0.127. The summed E-state index contributed by atoms with van der Waals surface area (Å²) in [4.78, 5) is 20.9. The van der Waals surface area contributed by atoms with Crippen LogP contribution in [-0.2, 0) is 7.05 Å². The quantitative estimate of drug-likeness (QED) is 0.297. The van der Waals surface area contributed by atoms with Crippen molar-refractivity contribution in [2.45, 2.75) is 6.04 Å². The Bertz CT molecular complexity index is 1440. The molecule has 5 aromatic rings. The van der Waals surface area contributed by atoms with Crippen LogP contribution in [0.4, 0.5) is 17.3 Å². The third-order valence-electron chi connectivity index (χ3n) is 5.17. The molecule has 0 radical (unpaired) electrons. The largest absolute Gasteiger partial charge is 0.423 e. The first-order valence-electron chi connectivity index (χ1n) is 10.1. The number of aryl methyl sites for hydroxylation is 1. The van der Waals surface area contributed by atoms with E-state index in [2.05, 4.69) is 35.9 Å². The molecular weight excluding hydrogens is 424 g/mol. The monoisotopic (exact) mass is 444 g/mol. The molecule has 5 rings (SSSR count). The van der Waals surface area contributed by atoms with E-state index >= 15 is 0 Å². The molecule has 0 unspecified atom stereocenters. The third-order valence-corrected chi connectivity index (χ3v) is 5.17. The van der Waals surface area contributed by atoms with Gasteiger partial charge in [0.1, 0.15) is 11.6 Å². The minimum atomic E-state index is -0.369. The summed E-state index contributed by atoms with van der Waals surface area (Å²) in [6, 6.07) is 14.4. The minimum Gasteiger partial charge on any atom is -0.423 e. The molecule has 0 spiro atoms. The Balaban J connectivity index is 1.50. The molecule has 4 heterocycles. The molecular formula is C22H20N8O3. The van der Waals surface area contributed by atoms with Crippen molar-refractivity contribution in [3.63, 3.8) is 0 Å². The van der Waals surface area contributed by atoms with Crippen LogP contribution in [0.25, 0.3) is 22.5 Å². The number of fused-ring (bicyclic) bond motifs is 1. The number of aromatic amines is 1. The number of hydrogen-bond donors (Lipinski definition) is 4. The van der Waals surface area contributed by atoms with Crippen molar-refractivity contribution in [3.8, 4) is 11.5 Å². The van der Waals surface area contributed by atoms with Crippen LogP contribution in [0.1, 0.15) is 11.6 Å². The molecule has 0 aliphatic heterocycles. The van der Waals surface area contributed by atoms with Crippen molar-refractivity contribution < 1.29 is 9.52 Å². The van der Waals surface area contributed by atoms with Crippen molar-refractivity contribution >= 4 is 28.4 Å². The molecule has 33 heavy (non-hydrogen) atoms. The number of aliphatic hydroxyl groups excluding tert-OH is 1. The predicted molar refractivity (Wildman–Crippen MR) is 122 cm³/mol. The molecule has 1 aromatic carbocycles. The number of aliphatic hydroxyl groups is 1. The fraction of sp³-hybridized carbons (Fsp3) is 0.136. The lowest BCUT2D eigenvalue weighted by Crippen LogP contribution is -2.15. The molecule has 0 aliphatic rings. The van der Waals surface area contributed by atoms with E-state index in [1.165, 1.54) is 6.39 Å². The van der Waals surface area contributed by atoms with Crippen LogP contribution in [0.5, 0.6) is 0 Å². The zero-order valence-corrected chi connectivity index (χ0v) is 17.6. The lowest BCUT2D eigenvalue weighted by molar-refractivity contribution is 0.276. The summed E-state index contributed by atoms with van der Waals surface area (Å²) in [6.07, 6.45) is 2.84. The van der Waals surface area contributed by atoms with Crippen molar-refractivity contribution in [2.75, 3.05) is 17.2 Å². The maximum atomic E-state index is 11.9. The van der Waals surface area contributed by atoms with Gasteiger partial charge in [-0.05, 0) is 17.7 Å². The number of rotatable bonds is 7. The van der Waals surface area contributed by atoms with Gasteiger partial charge in [0, 0.05) is 19.3 Å². The van der Waals surface area contributed by atoms with Gasteiger partial charge in [-0.3, -0.25) is 14.6 Å². The molecule has 0 bridgehead atoms. The van der Waals surface area contributed by atoms with Gasteiger partial charge in [0.15, 0.2) is 5.65 Å². The van der Waals surface area contributed by atoms with Crippen LogP contribution in [-0.4, -0.2) is 41.7 Å². The van der Waals surface area contributed by atoms with Crippen molar-refractivity contribution in [1.82, 2.24) is 29.9 Å². The second-order valence-corrected chi connectivity index (χ2v) is 7.34. The maximum absolute atomic E-state index is 11.9.